The number of halogens is 7. The monoisotopic (exact) mass is 632 g/mol. The Morgan fingerprint density at radius 3 is 2.39 bits per heavy atom. The molecule has 2 atom stereocenters. The minimum Gasteiger partial charge on any atom is -0.349 e. The second kappa shape index (κ2) is 12.7. The summed E-state index contributed by atoms with van der Waals surface area (Å²) in [6, 6.07) is 0.231. The molecule has 44 heavy (non-hydrogen) atoms. The molecule has 0 aromatic carbocycles. The van der Waals surface area contributed by atoms with Crippen LogP contribution in [0.2, 0.25) is 0 Å². The van der Waals surface area contributed by atoms with E-state index in [1.807, 2.05) is 0 Å². The summed E-state index contributed by atoms with van der Waals surface area (Å²) >= 11 is 0. The predicted octanol–water partition coefficient (Wildman–Crippen LogP) is 5.18. The highest BCUT2D eigenvalue weighted by atomic mass is 19.4. The van der Waals surface area contributed by atoms with Gasteiger partial charge in [0.2, 0.25) is 18.3 Å². The van der Waals surface area contributed by atoms with Gasteiger partial charge >= 0.3 is 6.18 Å². The van der Waals surface area contributed by atoms with Crippen molar-refractivity contribution in [2.45, 2.75) is 94.9 Å². The lowest BCUT2D eigenvalue weighted by Crippen LogP contribution is -2.38. The highest BCUT2D eigenvalue weighted by Crippen LogP contribution is 2.43. The zero-order valence-electron chi connectivity index (χ0n) is 23.4. The number of alkyl halides is 7. The highest BCUT2D eigenvalue weighted by Gasteiger charge is 2.40. The fourth-order valence-corrected chi connectivity index (χ4v) is 5.50. The van der Waals surface area contributed by atoms with Crippen LogP contribution in [0, 0.1) is 11.8 Å². The summed E-state index contributed by atoms with van der Waals surface area (Å²) in [4.78, 5) is 30.2. The summed E-state index contributed by atoms with van der Waals surface area (Å²) in [6.07, 6.45) is -4.45. The van der Waals surface area contributed by atoms with Crippen LogP contribution < -0.4 is 10.6 Å². The number of nitrogens with zero attached hydrogens (tertiary/aromatic N) is 6. The van der Waals surface area contributed by atoms with Crippen molar-refractivity contribution in [3.8, 4) is 0 Å². The molecule has 3 aromatic heterocycles. The van der Waals surface area contributed by atoms with E-state index < -0.39 is 67.6 Å². The van der Waals surface area contributed by atoms with Crippen molar-refractivity contribution in [1.29, 1.82) is 0 Å². The summed E-state index contributed by atoms with van der Waals surface area (Å²) in [5, 5.41) is 17.2. The number of hydrogen-bond donors (Lipinski definition) is 2. The van der Waals surface area contributed by atoms with Gasteiger partial charge < -0.3 is 10.6 Å². The molecule has 0 spiro atoms. The van der Waals surface area contributed by atoms with Gasteiger partial charge in [0.25, 0.3) is 5.91 Å². The lowest BCUT2D eigenvalue weighted by atomic mass is 9.81. The third-order valence-corrected chi connectivity index (χ3v) is 8.01. The van der Waals surface area contributed by atoms with Crippen LogP contribution in [0.1, 0.15) is 91.6 Å². The van der Waals surface area contributed by atoms with E-state index in [1.54, 1.807) is 6.07 Å². The molecule has 1 unspecified atom stereocenters. The molecular formula is C27H31F7N8O2. The number of amides is 2. The van der Waals surface area contributed by atoms with E-state index in [0.717, 1.165) is 23.7 Å². The Balaban J connectivity index is 1.39. The minimum absolute atomic E-state index is 0.0306. The number of hydrogen-bond acceptors (Lipinski definition) is 6. The Kier molecular flexibility index (Phi) is 9.11. The van der Waals surface area contributed by atoms with Crippen molar-refractivity contribution in [1.82, 2.24) is 40.2 Å². The van der Waals surface area contributed by atoms with Gasteiger partial charge in [0.05, 0.1) is 42.8 Å². The standard InChI is InChI=1S/C27H31F7N8O2/c28-20(29)6-10-41-19(13-35-40-41)25(44)39-24(16-3-7-26(30,31)8-4-16)18-14-42-21(37-18)11-17(12-36-42)23(15-1-2-15)38-22(43)5-9-27(32,33)34/h11-16,20,23-24H,1-10H2,(H,38,43)(H,39,44)/t23?,24-/m0/s1. The Bertz CT molecular complexity index is 1460. The van der Waals surface area contributed by atoms with Crippen LogP contribution in [-0.2, 0) is 11.3 Å². The van der Waals surface area contributed by atoms with Crippen LogP contribution in [-0.4, -0.2) is 59.9 Å². The maximum atomic E-state index is 14.0. The van der Waals surface area contributed by atoms with E-state index >= 15 is 0 Å². The zero-order chi connectivity index (χ0) is 31.6. The zero-order valence-corrected chi connectivity index (χ0v) is 23.4. The highest BCUT2D eigenvalue weighted by molar-refractivity contribution is 5.92. The smallest absolute Gasteiger partial charge is 0.349 e. The largest absolute Gasteiger partial charge is 0.389 e. The van der Waals surface area contributed by atoms with E-state index in [4.69, 9.17) is 0 Å². The molecule has 2 amide bonds. The SMILES string of the molecule is O=C(CCC(F)(F)F)NC(c1cnn2cc([C@@H](NC(=O)c3cnnn3CCC(F)F)C3CCC(F)(F)CC3)nc2c1)C1CC1. The summed E-state index contributed by atoms with van der Waals surface area (Å²) < 4.78 is 93.8. The number of rotatable bonds is 12. The van der Waals surface area contributed by atoms with E-state index in [0.29, 0.717) is 16.9 Å². The van der Waals surface area contributed by atoms with Crippen LogP contribution in [0.4, 0.5) is 30.7 Å². The van der Waals surface area contributed by atoms with Crippen molar-refractivity contribution in [2.24, 2.45) is 11.8 Å². The van der Waals surface area contributed by atoms with Gasteiger partial charge in [-0.2, -0.15) is 18.3 Å². The normalized spacial score (nSPS) is 18.8. The Hall–Kier alpha value is -3.79. The molecular weight excluding hydrogens is 601 g/mol. The van der Waals surface area contributed by atoms with Crippen molar-refractivity contribution in [2.75, 3.05) is 0 Å². The maximum absolute atomic E-state index is 14.0. The van der Waals surface area contributed by atoms with E-state index in [-0.39, 0.29) is 43.8 Å². The van der Waals surface area contributed by atoms with Crippen molar-refractivity contribution >= 4 is 17.5 Å². The van der Waals surface area contributed by atoms with Gasteiger partial charge in [-0.05, 0) is 49.1 Å². The molecule has 17 heteroatoms. The second-order valence-corrected chi connectivity index (χ2v) is 11.4. The van der Waals surface area contributed by atoms with Crippen molar-refractivity contribution in [3.63, 3.8) is 0 Å². The van der Waals surface area contributed by atoms with Crippen molar-refractivity contribution < 1.29 is 40.3 Å². The third kappa shape index (κ3) is 8.02. The number of carbonyl (C=O) groups is 2. The van der Waals surface area contributed by atoms with E-state index in [2.05, 4.69) is 31.0 Å². The molecule has 0 bridgehead atoms. The molecule has 3 heterocycles. The van der Waals surface area contributed by atoms with Crippen LogP contribution in [0.5, 0.6) is 0 Å². The fourth-order valence-electron chi connectivity index (χ4n) is 5.50. The molecule has 10 nitrogen and oxygen atoms in total. The minimum atomic E-state index is -4.46. The molecule has 2 N–H and O–H groups in total. The quantitative estimate of drug-likeness (QED) is 0.266. The Morgan fingerprint density at radius 2 is 1.73 bits per heavy atom. The van der Waals surface area contributed by atoms with Gasteiger partial charge in [-0.3, -0.25) is 9.59 Å². The molecule has 0 aliphatic heterocycles. The Morgan fingerprint density at radius 1 is 1.02 bits per heavy atom. The molecule has 3 aromatic rings. The van der Waals surface area contributed by atoms with Crippen molar-refractivity contribution in [3.05, 3.63) is 41.6 Å². The number of imidazole rings is 1. The first-order valence-corrected chi connectivity index (χ1v) is 14.3. The lowest BCUT2D eigenvalue weighted by Gasteiger charge is -2.33. The third-order valence-electron chi connectivity index (χ3n) is 8.01. The van der Waals surface area contributed by atoms with Crippen LogP contribution in [0.25, 0.3) is 5.65 Å². The summed E-state index contributed by atoms with van der Waals surface area (Å²) in [6.45, 7) is -0.253. The average Bonchev–Trinajstić information content (AvgIpc) is 3.52. The number of aromatic nitrogens is 6. The number of aryl methyl sites for hydroxylation is 1. The molecule has 240 valence electrons. The van der Waals surface area contributed by atoms with Crippen LogP contribution >= 0.6 is 0 Å². The molecule has 2 fully saturated rings. The van der Waals surface area contributed by atoms with Gasteiger partial charge in [-0.25, -0.2) is 31.7 Å². The van der Waals surface area contributed by atoms with Gasteiger partial charge in [0.15, 0.2) is 5.65 Å². The van der Waals surface area contributed by atoms with E-state index in [9.17, 15) is 40.3 Å². The summed E-state index contributed by atoms with van der Waals surface area (Å²) in [5.74, 6) is -4.65. The molecule has 0 radical (unpaired) electrons. The number of nitrogens with one attached hydrogen (secondary N) is 2. The predicted molar refractivity (Wildman–Crippen MR) is 140 cm³/mol. The lowest BCUT2D eigenvalue weighted by molar-refractivity contribution is -0.144. The molecule has 2 aliphatic carbocycles. The molecule has 2 saturated carbocycles. The van der Waals surface area contributed by atoms with E-state index in [1.165, 1.54) is 16.9 Å². The molecule has 0 saturated heterocycles. The van der Waals surface area contributed by atoms with Crippen LogP contribution in [0.15, 0.2) is 24.7 Å². The molecule has 2 aliphatic rings. The van der Waals surface area contributed by atoms with Crippen LogP contribution in [0.3, 0.4) is 0 Å². The number of fused-ring (bicyclic) bond motifs is 1. The first-order chi connectivity index (χ1) is 20.8. The second-order valence-electron chi connectivity index (χ2n) is 11.4. The van der Waals surface area contributed by atoms with Gasteiger partial charge in [0, 0.05) is 32.2 Å². The van der Waals surface area contributed by atoms with Gasteiger partial charge in [-0.1, -0.05) is 5.21 Å². The Labute approximate surface area is 246 Å². The first kappa shape index (κ1) is 31.6. The van der Waals surface area contributed by atoms with Gasteiger partial charge in [-0.15, -0.1) is 5.10 Å². The summed E-state index contributed by atoms with van der Waals surface area (Å²) in [5.41, 5.74) is 1.11. The average molecular weight is 633 g/mol. The maximum Gasteiger partial charge on any atom is 0.389 e. The molecule has 5 rings (SSSR count). The fraction of sp³-hybridized carbons (Fsp3) is 0.630. The first-order valence-electron chi connectivity index (χ1n) is 14.3. The topological polar surface area (TPSA) is 119 Å². The van der Waals surface area contributed by atoms with Gasteiger partial charge in [0.1, 0.15) is 5.69 Å². The summed E-state index contributed by atoms with van der Waals surface area (Å²) in [7, 11) is 0. The number of carbonyl (C=O) groups excluding carboxylic acids is 2.